The third-order valence-corrected chi connectivity index (χ3v) is 2.98. The molecule has 1 unspecified atom stereocenters. The quantitative estimate of drug-likeness (QED) is 0.873. The smallest absolute Gasteiger partial charge is 0.260 e. The molecule has 1 aromatic rings. The molecule has 4 nitrogen and oxygen atoms in total. The highest BCUT2D eigenvalue weighted by Crippen LogP contribution is 2.12. The molecule has 1 aliphatic rings. The molecule has 0 spiro atoms. The Labute approximate surface area is 106 Å². The Kier molecular flexibility index (Phi) is 4.15. The maximum absolute atomic E-state index is 12.9. The van der Waals surface area contributed by atoms with Gasteiger partial charge >= 0.3 is 0 Å². The fourth-order valence-corrected chi connectivity index (χ4v) is 2.00. The first-order valence-electron chi connectivity index (χ1n) is 6.05. The van der Waals surface area contributed by atoms with Gasteiger partial charge in [-0.25, -0.2) is 4.39 Å². The molecule has 0 radical (unpaired) electrons. The van der Waals surface area contributed by atoms with Crippen molar-refractivity contribution in [3.63, 3.8) is 0 Å². The molecule has 5 heteroatoms. The van der Waals surface area contributed by atoms with E-state index in [4.69, 9.17) is 4.74 Å². The molecule has 0 saturated carbocycles. The monoisotopic (exact) mass is 252 g/mol. The van der Waals surface area contributed by atoms with Gasteiger partial charge in [0.15, 0.2) is 6.61 Å². The molecule has 0 aliphatic carbocycles. The molecule has 1 aliphatic heterocycles. The minimum atomic E-state index is -0.365. The number of piperazine rings is 1. The lowest BCUT2D eigenvalue weighted by molar-refractivity contribution is -0.136. The predicted molar refractivity (Wildman–Crippen MR) is 65.9 cm³/mol. The van der Waals surface area contributed by atoms with Crippen LogP contribution >= 0.6 is 0 Å². The topological polar surface area (TPSA) is 41.6 Å². The average molecular weight is 252 g/mol. The Morgan fingerprint density at radius 3 is 3.17 bits per heavy atom. The normalized spacial score (nSPS) is 19.7. The molecule has 1 fully saturated rings. The first kappa shape index (κ1) is 12.8. The van der Waals surface area contributed by atoms with Crippen LogP contribution in [0.4, 0.5) is 4.39 Å². The standard InChI is InChI=1S/C13H17FN2O2/c1-10-8-15-5-6-16(10)13(17)9-18-12-4-2-3-11(14)7-12/h2-4,7,10,15H,5-6,8-9H2,1H3. The number of rotatable bonds is 3. The summed E-state index contributed by atoms with van der Waals surface area (Å²) in [4.78, 5) is 13.7. The van der Waals surface area contributed by atoms with Gasteiger partial charge < -0.3 is 15.0 Å². The van der Waals surface area contributed by atoms with Crippen molar-refractivity contribution in [2.75, 3.05) is 26.2 Å². The molecule has 98 valence electrons. The van der Waals surface area contributed by atoms with Gasteiger partial charge in [0.2, 0.25) is 0 Å². The van der Waals surface area contributed by atoms with E-state index in [1.807, 2.05) is 6.92 Å². The molecular weight excluding hydrogens is 235 g/mol. The summed E-state index contributed by atoms with van der Waals surface area (Å²) in [7, 11) is 0. The van der Waals surface area contributed by atoms with Gasteiger partial charge in [-0.2, -0.15) is 0 Å². The van der Waals surface area contributed by atoms with Crippen molar-refractivity contribution in [3.8, 4) is 5.75 Å². The third-order valence-electron chi connectivity index (χ3n) is 2.98. The van der Waals surface area contributed by atoms with Crippen molar-refractivity contribution in [2.45, 2.75) is 13.0 Å². The fourth-order valence-electron chi connectivity index (χ4n) is 2.00. The number of hydrogen-bond donors (Lipinski definition) is 1. The van der Waals surface area contributed by atoms with Gasteiger partial charge in [-0.3, -0.25) is 4.79 Å². The number of carbonyl (C=O) groups excluding carboxylic acids is 1. The highest BCUT2D eigenvalue weighted by Gasteiger charge is 2.22. The lowest BCUT2D eigenvalue weighted by Crippen LogP contribution is -2.53. The van der Waals surface area contributed by atoms with Crippen molar-refractivity contribution in [3.05, 3.63) is 30.1 Å². The largest absolute Gasteiger partial charge is 0.484 e. The summed E-state index contributed by atoms with van der Waals surface area (Å²) >= 11 is 0. The number of carbonyl (C=O) groups is 1. The van der Waals surface area contributed by atoms with Crippen LogP contribution in [0.15, 0.2) is 24.3 Å². The second-order valence-electron chi connectivity index (χ2n) is 4.39. The van der Waals surface area contributed by atoms with Crippen LogP contribution < -0.4 is 10.1 Å². The number of nitrogens with one attached hydrogen (secondary N) is 1. The van der Waals surface area contributed by atoms with E-state index in [9.17, 15) is 9.18 Å². The van der Waals surface area contributed by atoms with Gasteiger partial charge in [-0.05, 0) is 19.1 Å². The van der Waals surface area contributed by atoms with Crippen LogP contribution in [0.5, 0.6) is 5.75 Å². The van der Waals surface area contributed by atoms with Crippen LogP contribution in [-0.4, -0.2) is 43.1 Å². The zero-order chi connectivity index (χ0) is 13.0. The van der Waals surface area contributed by atoms with Gasteiger partial charge in [-0.15, -0.1) is 0 Å². The summed E-state index contributed by atoms with van der Waals surface area (Å²) in [5, 5.41) is 3.22. The van der Waals surface area contributed by atoms with Crippen molar-refractivity contribution in [2.24, 2.45) is 0 Å². The average Bonchev–Trinajstić information content (AvgIpc) is 2.37. The Balaban J connectivity index is 1.88. The zero-order valence-corrected chi connectivity index (χ0v) is 10.4. The van der Waals surface area contributed by atoms with Crippen LogP contribution in [0.2, 0.25) is 0 Å². The van der Waals surface area contributed by atoms with Crippen LogP contribution in [-0.2, 0) is 4.79 Å². The number of halogens is 1. The van der Waals surface area contributed by atoms with E-state index in [0.29, 0.717) is 12.3 Å². The fraction of sp³-hybridized carbons (Fsp3) is 0.462. The molecule has 1 saturated heterocycles. The maximum atomic E-state index is 12.9. The van der Waals surface area contributed by atoms with E-state index < -0.39 is 0 Å². The van der Waals surface area contributed by atoms with E-state index in [1.165, 1.54) is 12.1 Å². The number of ether oxygens (including phenoxy) is 1. The van der Waals surface area contributed by atoms with E-state index in [2.05, 4.69) is 5.32 Å². The Bertz CT molecular complexity index is 425. The molecule has 1 amide bonds. The van der Waals surface area contributed by atoms with E-state index in [-0.39, 0.29) is 24.4 Å². The first-order chi connectivity index (χ1) is 8.66. The van der Waals surface area contributed by atoms with Crippen molar-refractivity contribution >= 4 is 5.91 Å². The number of nitrogens with zero attached hydrogens (tertiary/aromatic N) is 1. The summed E-state index contributed by atoms with van der Waals surface area (Å²) in [6.45, 7) is 4.23. The summed E-state index contributed by atoms with van der Waals surface area (Å²) in [5.74, 6) is -0.0464. The second kappa shape index (κ2) is 5.82. The van der Waals surface area contributed by atoms with Crippen LogP contribution in [0, 0.1) is 5.82 Å². The lowest BCUT2D eigenvalue weighted by Gasteiger charge is -2.33. The molecule has 2 rings (SSSR count). The molecule has 1 aromatic carbocycles. The van der Waals surface area contributed by atoms with Crippen LogP contribution in [0.3, 0.4) is 0 Å². The van der Waals surface area contributed by atoms with E-state index >= 15 is 0 Å². The zero-order valence-electron chi connectivity index (χ0n) is 10.4. The van der Waals surface area contributed by atoms with Crippen molar-refractivity contribution in [1.29, 1.82) is 0 Å². The van der Waals surface area contributed by atoms with E-state index in [1.54, 1.807) is 17.0 Å². The summed E-state index contributed by atoms with van der Waals surface area (Å²) in [5.41, 5.74) is 0. The SMILES string of the molecule is CC1CNCCN1C(=O)COc1cccc(F)c1. The summed E-state index contributed by atoms with van der Waals surface area (Å²) in [6.07, 6.45) is 0. The third kappa shape index (κ3) is 3.20. The Hall–Kier alpha value is -1.62. The van der Waals surface area contributed by atoms with Gasteiger partial charge in [0.1, 0.15) is 11.6 Å². The molecule has 0 bridgehead atoms. The molecule has 18 heavy (non-hydrogen) atoms. The lowest BCUT2D eigenvalue weighted by atomic mass is 10.2. The molecule has 1 heterocycles. The van der Waals surface area contributed by atoms with Gasteiger partial charge in [-0.1, -0.05) is 6.07 Å². The van der Waals surface area contributed by atoms with Crippen LogP contribution in [0.1, 0.15) is 6.92 Å². The second-order valence-corrected chi connectivity index (χ2v) is 4.39. The molecule has 1 N–H and O–H groups in total. The molecular formula is C13H17FN2O2. The maximum Gasteiger partial charge on any atom is 0.260 e. The predicted octanol–water partition coefficient (Wildman–Crippen LogP) is 1.02. The molecule has 1 atom stereocenters. The summed E-state index contributed by atoms with van der Waals surface area (Å²) < 4.78 is 18.2. The summed E-state index contributed by atoms with van der Waals surface area (Å²) in [6, 6.07) is 5.98. The Morgan fingerprint density at radius 2 is 2.44 bits per heavy atom. The number of benzene rings is 1. The van der Waals surface area contributed by atoms with Gasteiger partial charge in [0, 0.05) is 31.7 Å². The van der Waals surface area contributed by atoms with Crippen molar-refractivity contribution < 1.29 is 13.9 Å². The minimum absolute atomic E-state index is 0.0478. The number of hydrogen-bond acceptors (Lipinski definition) is 3. The highest BCUT2D eigenvalue weighted by molar-refractivity contribution is 5.78. The highest BCUT2D eigenvalue weighted by atomic mass is 19.1. The number of amides is 1. The van der Waals surface area contributed by atoms with Gasteiger partial charge in [0.25, 0.3) is 5.91 Å². The van der Waals surface area contributed by atoms with Crippen molar-refractivity contribution in [1.82, 2.24) is 10.2 Å². The van der Waals surface area contributed by atoms with E-state index in [0.717, 1.165) is 13.1 Å². The van der Waals surface area contributed by atoms with Crippen LogP contribution in [0.25, 0.3) is 0 Å². The minimum Gasteiger partial charge on any atom is -0.484 e. The van der Waals surface area contributed by atoms with Gasteiger partial charge in [0.05, 0.1) is 0 Å². The molecule has 0 aromatic heterocycles. The Morgan fingerprint density at radius 1 is 1.61 bits per heavy atom. The first-order valence-corrected chi connectivity index (χ1v) is 6.05.